The van der Waals surface area contributed by atoms with Crippen molar-refractivity contribution in [3.63, 3.8) is 0 Å². The van der Waals surface area contributed by atoms with Gasteiger partial charge in [0.25, 0.3) is 0 Å². The van der Waals surface area contributed by atoms with Gasteiger partial charge in [-0.05, 0) is 32.0 Å². The van der Waals surface area contributed by atoms with Gasteiger partial charge in [0.1, 0.15) is 0 Å². The second-order valence-corrected chi connectivity index (χ2v) is 8.73. The van der Waals surface area contributed by atoms with E-state index in [-0.39, 0.29) is 25.5 Å². The number of rotatable bonds is 6. The molecular weight excluding hydrogens is 419 g/mol. The number of nitrogens with zero attached hydrogens (tertiary/aromatic N) is 3. The summed E-state index contributed by atoms with van der Waals surface area (Å²) in [5.74, 6) is -0.0335. The number of carbonyl (C=O) groups excluding carboxylic acids is 1. The van der Waals surface area contributed by atoms with Crippen molar-refractivity contribution < 1.29 is 26.4 Å². The molecule has 158 valence electrons. The molecule has 1 aliphatic rings. The number of carbonyl (C=O) groups is 1. The summed E-state index contributed by atoms with van der Waals surface area (Å²) >= 11 is 5.56. The van der Waals surface area contributed by atoms with E-state index < -0.39 is 31.7 Å². The Morgan fingerprint density at radius 2 is 1.71 bits per heavy atom. The van der Waals surface area contributed by atoms with Crippen LogP contribution in [0.25, 0.3) is 0 Å². The molecule has 0 saturated carbocycles. The Hall–Kier alpha value is -1.36. The fourth-order valence-corrected chi connectivity index (χ4v) is 4.70. The van der Waals surface area contributed by atoms with Crippen LogP contribution in [0.2, 0.25) is 5.02 Å². The average Bonchev–Trinajstić information content (AvgIpc) is 2.62. The van der Waals surface area contributed by atoms with Crippen LogP contribution in [0, 0.1) is 0 Å². The van der Waals surface area contributed by atoms with Gasteiger partial charge in [0.2, 0.25) is 15.9 Å². The highest BCUT2D eigenvalue weighted by Gasteiger charge is 2.36. The van der Waals surface area contributed by atoms with Crippen molar-refractivity contribution in [2.75, 3.05) is 45.8 Å². The Bertz CT molecular complexity index is 806. The number of alkyl halides is 3. The third-order valence-electron chi connectivity index (χ3n) is 4.69. The van der Waals surface area contributed by atoms with Crippen LogP contribution in [0.4, 0.5) is 13.2 Å². The van der Waals surface area contributed by atoms with Gasteiger partial charge in [-0.15, -0.1) is 0 Å². The first-order valence-corrected chi connectivity index (χ1v) is 10.7. The predicted octanol–water partition coefficient (Wildman–Crippen LogP) is 2.53. The number of hydrogen-bond acceptors (Lipinski definition) is 4. The Labute approximate surface area is 167 Å². The van der Waals surface area contributed by atoms with Crippen LogP contribution in [0.15, 0.2) is 23.1 Å². The molecule has 0 bridgehead atoms. The zero-order valence-electron chi connectivity index (χ0n) is 15.7. The Morgan fingerprint density at radius 1 is 1.14 bits per heavy atom. The zero-order valence-corrected chi connectivity index (χ0v) is 17.2. The third-order valence-corrected chi connectivity index (χ3v) is 6.91. The van der Waals surface area contributed by atoms with Crippen LogP contribution in [0.5, 0.6) is 0 Å². The number of hydrogen-bond donors (Lipinski definition) is 0. The summed E-state index contributed by atoms with van der Waals surface area (Å²) in [4.78, 5) is 15.3. The number of benzene rings is 1. The lowest BCUT2D eigenvalue weighted by molar-refractivity contribution is -0.137. The molecule has 1 amide bonds. The van der Waals surface area contributed by atoms with Crippen molar-refractivity contribution in [3.05, 3.63) is 28.8 Å². The Kier molecular flexibility index (Phi) is 7.35. The lowest BCUT2D eigenvalue weighted by atomic mass is 10.2. The van der Waals surface area contributed by atoms with E-state index in [9.17, 15) is 26.4 Å². The molecule has 0 radical (unpaired) electrons. The fourth-order valence-electron chi connectivity index (χ4n) is 3.03. The molecule has 1 aliphatic heterocycles. The van der Waals surface area contributed by atoms with Gasteiger partial charge in [0.05, 0.1) is 22.0 Å². The molecule has 0 atom stereocenters. The van der Waals surface area contributed by atoms with Gasteiger partial charge in [0, 0.05) is 39.3 Å². The van der Waals surface area contributed by atoms with E-state index in [4.69, 9.17) is 11.6 Å². The molecule has 0 aliphatic carbocycles. The molecule has 0 unspecified atom stereocenters. The largest absolute Gasteiger partial charge is 0.417 e. The maximum absolute atomic E-state index is 13.0. The fraction of sp³-hybridized carbons (Fsp3) is 0.588. The molecular formula is C17H23ClF3N3O3S. The standard InChI is InChI=1S/C17H23ClF3N3O3S/c1-3-23(4-2)16(25)12-22-7-9-24(10-8-22)28(26,27)13-5-6-15(18)14(11-13)17(19,20)21/h5-6,11H,3-4,7-10,12H2,1-2H3. The first kappa shape index (κ1) is 22.9. The quantitative estimate of drug-likeness (QED) is 0.680. The molecule has 28 heavy (non-hydrogen) atoms. The molecule has 0 spiro atoms. The van der Waals surface area contributed by atoms with Crippen molar-refractivity contribution in [1.82, 2.24) is 14.1 Å². The van der Waals surface area contributed by atoms with Crippen molar-refractivity contribution in [3.8, 4) is 0 Å². The molecule has 1 fully saturated rings. The van der Waals surface area contributed by atoms with Crippen molar-refractivity contribution in [2.24, 2.45) is 0 Å². The van der Waals surface area contributed by atoms with Gasteiger partial charge in [0.15, 0.2) is 0 Å². The highest BCUT2D eigenvalue weighted by atomic mass is 35.5. The van der Waals surface area contributed by atoms with Gasteiger partial charge in [-0.25, -0.2) is 8.42 Å². The minimum Gasteiger partial charge on any atom is -0.342 e. The molecule has 11 heteroatoms. The lowest BCUT2D eigenvalue weighted by Gasteiger charge is -2.34. The van der Waals surface area contributed by atoms with E-state index in [1.165, 1.54) is 0 Å². The average molecular weight is 442 g/mol. The van der Waals surface area contributed by atoms with Crippen LogP contribution in [0.1, 0.15) is 19.4 Å². The highest BCUT2D eigenvalue weighted by Crippen LogP contribution is 2.36. The summed E-state index contributed by atoms with van der Waals surface area (Å²) in [5.41, 5.74) is -1.18. The number of likely N-dealkylation sites (N-methyl/N-ethyl adjacent to an activating group) is 1. The highest BCUT2D eigenvalue weighted by molar-refractivity contribution is 7.89. The first-order chi connectivity index (χ1) is 13.0. The predicted molar refractivity (Wildman–Crippen MR) is 99.6 cm³/mol. The molecule has 1 aromatic rings. The minimum absolute atomic E-state index is 0.0335. The van der Waals surface area contributed by atoms with Crippen LogP contribution >= 0.6 is 11.6 Å². The maximum atomic E-state index is 13.0. The van der Waals surface area contributed by atoms with Crippen LogP contribution in [0.3, 0.4) is 0 Å². The van der Waals surface area contributed by atoms with E-state index in [0.29, 0.717) is 32.2 Å². The van der Waals surface area contributed by atoms with E-state index in [0.717, 1.165) is 16.4 Å². The van der Waals surface area contributed by atoms with Gasteiger partial charge in [-0.2, -0.15) is 17.5 Å². The molecule has 1 saturated heterocycles. The molecule has 1 aromatic carbocycles. The Balaban J connectivity index is 2.08. The smallest absolute Gasteiger partial charge is 0.342 e. The minimum atomic E-state index is -4.74. The SMILES string of the molecule is CCN(CC)C(=O)CN1CCN(S(=O)(=O)c2ccc(Cl)c(C(F)(F)F)c2)CC1. The summed E-state index contributed by atoms with van der Waals surface area (Å²) in [7, 11) is -4.09. The molecule has 6 nitrogen and oxygen atoms in total. The summed E-state index contributed by atoms with van der Waals surface area (Å²) < 4.78 is 65.7. The van der Waals surface area contributed by atoms with Gasteiger partial charge in [-0.3, -0.25) is 9.69 Å². The Morgan fingerprint density at radius 3 is 2.21 bits per heavy atom. The normalized spacial score (nSPS) is 16.9. The van der Waals surface area contributed by atoms with Crippen LogP contribution in [-0.2, 0) is 21.0 Å². The van der Waals surface area contributed by atoms with Crippen molar-refractivity contribution in [2.45, 2.75) is 24.9 Å². The van der Waals surface area contributed by atoms with Crippen LogP contribution < -0.4 is 0 Å². The van der Waals surface area contributed by atoms with E-state index >= 15 is 0 Å². The number of sulfonamides is 1. The van der Waals surface area contributed by atoms with Gasteiger partial charge >= 0.3 is 6.18 Å². The second-order valence-electron chi connectivity index (χ2n) is 6.39. The summed E-state index contributed by atoms with van der Waals surface area (Å²) in [6, 6.07) is 2.58. The lowest BCUT2D eigenvalue weighted by Crippen LogP contribution is -2.51. The van der Waals surface area contributed by atoms with Gasteiger partial charge < -0.3 is 4.90 Å². The van der Waals surface area contributed by atoms with Gasteiger partial charge in [-0.1, -0.05) is 11.6 Å². The van der Waals surface area contributed by atoms with E-state index in [1.54, 1.807) is 4.90 Å². The summed E-state index contributed by atoms with van der Waals surface area (Å²) in [6.07, 6.45) is -4.74. The molecule has 2 rings (SSSR count). The number of piperazine rings is 1. The van der Waals surface area contributed by atoms with E-state index in [2.05, 4.69) is 0 Å². The summed E-state index contributed by atoms with van der Waals surface area (Å²) in [6.45, 7) is 5.99. The molecule has 1 heterocycles. The van der Waals surface area contributed by atoms with Crippen LogP contribution in [-0.4, -0.2) is 74.2 Å². The monoisotopic (exact) mass is 441 g/mol. The number of amides is 1. The second kappa shape index (κ2) is 8.98. The van der Waals surface area contributed by atoms with E-state index in [1.807, 2.05) is 18.7 Å². The zero-order chi connectivity index (χ0) is 21.1. The third kappa shape index (κ3) is 5.16. The van der Waals surface area contributed by atoms with Crippen molar-refractivity contribution in [1.29, 1.82) is 0 Å². The summed E-state index contributed by atoms with van der Waals surface area (Å²) in [5, 5.41) is -0.550. The first-order valence-electron chi connectivity index (χ1n) is 8.87. The van der Waals surface area contributed by atoms with Crippen molar-refractivity contribution >= 4 is 27.5 Å². The maximum Gasteiger partial charge on any atom is 0.417 e. The molecule has 0 N–H and O–H groups in total. The molecule has 0 aromatic heterocycles. The number of halogens is 4. The topological polar surface area (TPSA) is 60.9 Å².